The Bertz CT molecular complexity index is 1380. The smallest absolute Gasteiger partial charge is 0.277 e. The number of carbonyl (C=O) groups is 1. The van der Waals surface area contributed by atoms with Crippen LogP contribution in [0.2, 0.25) is 0 Å². The Morgan fingerprint density at radius 3 is 2.81 bits per heavy atom. The molecule has 158 valence electrons. The molecule has 0 saturated heterocycles. The largest absolute Gasteiger partial charge is 0.487 e. The number of amides is 1. The van der Waals surface area contributed by atoms with Gasteiger partial charge in [0, 0.05) is 30.2 Å². The van der Waals surface area contributed by atoms with Crippen molar-refractivity contribution in [1.82, 2.24) is 14.5 Å². The molecule has 8 heteroatoms. The number of hydrogen-bond acceptors (Lipinski definition) is 5. The summed E-state index contributed by atoms with van der Waals surface area (Å²) < 4.78 is 26.8. The van der Waals surface area contributed by atoms with Crippen LogP contribution in [-0.4, -0.2) is 20.4 Å². The van der Waals surface area contributed by atoms with Crippen molar-refractivity contribution in [2.75, 3.05) is 5.32 Å². The number of halogens is 1. The van der Waals surface area contributed by atoms with Gasteiger partial charge in [0.1, 0.15) is 23.8 Å². The molecule has 5 rings (SSSR count). The molecule has 5 aromatic rings. The van der Waals surface area contributed by atoms with Crippen LogP contribution in [0.1, 0.15) is 16.2 Å². The first-order valence-corrected chi connectivity index (χ1v) is 9.84. The lowest BCUT2D eigenvalue weighted by Gasteiger charge is -2.07. The molecule has 0 bridgehead atoms. The monoisotopic (exact) mass is 428 g/mol. The van der Waals surface area contributed by atoms with E-state index in [4.69, 9.17) is 9.26 Å². The van der Waals surface area contributed by atoms with Gasteiger partial charge in [-0.2, -0.15) is 0 Å². The summed E-state index contributed by atoms with van der Waals surface area (Å²) in [5.41, 5.74) is 2.43. The number of aromatic nitrogens is 3. The van der Waals surface area contributed by atoms with E-state index in [0.717, 1.165) is 11.3 Å². The zero-order chi connectivity index (χ0) is 21.9. The van der Waals surface area contributed by atoms with Crippen molar-refractivity contribution >= 4 is 17.2 Å². The van der Waals surface area contributed by atoms with Crippen molar-refractivity contribution in [3.05, 3.63) is 102 Å². The third-order valence-corrected chi connectivity index (χ3v) is 4.77. The molecule has 3 heterocycles. The Morgan fingerprint density at radius 1 is 1.06 bits per heavy atom. The number of ether oxygens (including phenoxy) is 1. The molecule has 0 aliphatic heterocycles. The molecule has 0 fully saturated rings. The Hall–Kier alpha value is -4.46. The molecule has 0 aliphatic rings. The van der Waals surface area contributed by atoms with Crippen LogP contribution in [0.3, 0.4) is 0 Å². The average Bonchev–Trinajstić information content (AvgIpc) is 3.45. The van der Waals surface area contributed by atoms with Gasteiger partial charge in [-0.3, -0.25) is 4.79 Å². The van der Waals surface area contributed by atoms with Gasteiger partial charge >= 0.3 is 0 Å². The second kappa shape index (κ2) is 8.35. The van der Waals surface area contributed by atoms with Crippen molar-refractivity contribution in [1.29, 1.82) is 0 Å². The second-order valence-corrected chi connectivity index (χ2v) is 7.03. The minimum Gasteiger partial charge on any atom is -0.487 e. The summed E-state index contributed by atoms with van der Waals surface area (Å²) in [5, 5.41) is 6.50. The molecular formula is C24H17FN4O3. The molecule has 32 heavy (non-hydrogen) atoms. The maximum absolute atomic E-state index is 13.9. The van der Waals surface area contributed by atoms with Crippen LogP contribution in [0.15, 0.2) is 89.7 Å². The number of anilines is 1. The lowest BCUT2D eigenvalue weighted by molar-refractivity contribution is 0.101. The zero-order valence-corrected chi connectivity index (χ0v) is 16.7. The molecule has 0 unspecified atom stereocenters. The third-order valence-electron chi connectivity index (χ3n) is 4.77. The lowest BCUT2D eigenvalue weighted by Crippen LogP contribution is -2.12. The van der Waals surface area contributed by atoms with Gasteiger partial charge in [-0.15, -0.1) is 0 Å². The van der Waals surface area contributed by atoms with Crippen molar-refractivity contribution < 1.29 is 18.4 Å². The van der Waals surface area contributed by atoms with Gasteiger partial charge in [-0.1, -0.05) is 29.4 Å². The normalized spacial score (nSPS) is 10.9. The fraction of sp³-hybridized carbons (Fsp3) is 0.0417. The predicted molar refractivity (Wildman–Crippen MR) is 116 cm³/mol. The molecule has 0 saturated carbocycles. The highest BCUT2D eigenvalue weighted by Gasteiger charge is 2.16. The van der Waals surface area contributed by atoms with Crippen LogP contribution in [0, 0.1) is 5.82 Å². The minimum atomic E-state index is -0.478. The van der Waals surface area contributed by atoms with Crippen LogP contribution < -0.4 is 10.1 Å². The van der Waals surface area contributed by atoms with Gasteiger partial charge < -0.3 is 19.0 Å². The highest BCUT2D eigenvalue weighted by Crippen LogP contribution is 2.24. The number of hydrogen-bond donors (Lipinski definition) is 1. The molecule has 0 spiro atoms. The Labute approximate surface area is 182 Å². The number of rotatable bonds is 6. The number of benzene rings is 2. The zero-order valence-electron chi connectivity index (χ0n) is 16.7. The van der Waals surface area contributed by atoms with Crippen LogP contribution in [0.4, 0.5) is 10.1 Å². The second-order valence-electron chi connectivity index (χ2n) is 7.03. The number of nitrogens with zero attached hydrogens (tertiary/aromatic N) is 3. The van der Waals surface area contributed by atoms with Gasteiger partial charge in [0.05, 0.1) is 11.3 Å². The summed E-state index contributed by atoms with van der Waals surface area (Å²) in [6.07, 6.45) is 3.82. The van der Waals surface area contributed by atoms with Gasteiger partial charge in [-0.25, -0.2) is 9.37 Å². The van der Waals surface area contributed by atoms with Crippen molar-refractivity contribution in [3.8, 4) is 17.1 Å². The molecular weight excluding hydrogens is 411 g/mol. The number of imidazole rings is 1. The molecule has 1 amide bonds. The maximum atomic E-state index is 13.9. The summed E-state index contributed by atoms with van der Waals surface area (Å²) in [4.78, 5) is 17.0. The minimum absolute atomic E-state index is 0.0410. The van der Waals surface area contributed by atoms with Crippen molar-refractivity contribution in [2.45, 2.75) is 6.61 Å². The highest BCUT2D eigenvalue weighted by atomic mass is 19.1. The summed E-state index contributed by atoms with van der Waals surface area (Å²) in [6, 6.07) is 20.3. The van der Waals surface area contributed by atoms with Crippen LogP contribution in [0.5, 0.6) is 5.75 Å². The van der Waals surface area contributed by atoms with E-state index < -0.39 is 11.7 Å². The van der Waals surface area contributed by atoms with Gasteiger partial charge in [0.15, 0.2) is 11.5 Å². The van der Waals surface area contributed by atoms with E-state index in [1.807, 2.05) is 35.0 Å². The Kier molecular flexibility index (Phi) is 5.09. The van der Waals surface area contributed by atoms with E-state index in [0.29, 0.717) is 11.4 Å². The first kappa shape index (κ1) is 19.5. The van der Waals surface area contributed by atoms with Gasteiger partial charge in [0.25, 0.3) is 5.91 Å². The Morgan fingerprint density at radius 2 is 1.94 bits per heavy atom. The SMILES string of the molecule is O=C(Nc1cccc(OCc2cn3ccccc3n2)c1)c1cc(-c2ccccc2F)on1. The van der Waals surface area contributed by atoms with E-state index in [2.05, 4.69) is 15.5 Å². The number of fused-ring (bicyclic) bond motifs is 1. The molecule has 0 radical (unpaired) electrons. The average molecular weight is 428 g/mol. The van der Waals surface area contributed by atoms with Crippen LogP contribution in [0.25, 0.3) is 17.0 Å². The first-order chi connectivity index (χ1) is 15.7. The highest BCUT2D eigenvalue weighted by molar-refractivity contribution is 6.03. The molecule has 1 N–H and O–H groups in total. The maximum Gasteiger partial charge on any atom is 0.277 e. The van der Waals surface area contributed by atoms with Gasteiger partial charge in [-0.05, 0) is 36.4 Å². The summed E-state index contributed by atoms with van der Waals surface area (Å²) in [5.74, 6) is -0.176. The van der Waals surface area contributed by atoms with Gasteiger partial charge in [0.2, 0.25) is 0 Å². The van der Waals surface area contributed by atoms with Crippen molar-refractivity contribution in [3.63, 3.8) is 0 Å². The van der Waals surface area contributed by atoms with E-state index in [1.54, 1.807) is 42.5 Å². The number of carbonyl (C=O) groups excluding carboxylic acids is 1. The lowest BCUT2D eigenvalue weighted by atomic mass is 10.1. The number of pyridine rings is 1. The summed E-state index contributed by atoms with van der Waals surface area (Å²) in [6.45, 7) is 0.286. The van der Waals surface area contributed by atoms with Crippen LogP contribution >= 0.6 is 0 Å². The third kappa shape index (κ3) is 4.06. The molecule has 0 atom stereocenters. The first-order valence-electron chi connectivity index (χ1n) is 9.84. The molecule has 3 aromatic heterocycles. The quantitative estimate of drug-likeness (QED) is 0.413. The standard InChI is InChI=1S/C24H17FN4O3/c25-20-9-2-1-8-19(20)22-13-21(28-32-22)24(30)27-16-6-5-7-18(12-16)31-15-17-14-29-11-4-3-10-23(29)26-17/h1-14H,15H2,(H,27,30). The van der Waals surface area contributed by atoms with E-state index in [9.17, 15) is 9.18 Å². The predicted octanol–water partition coefficient (Wildman–Crippen LogP) is 4.96. The Balaban J connectivity index is 1.25. The van der Waals surface area contributed by atoms with Crippen molar-refractivity contribution in [2.24, 2.45) is 0 Å². The van der Waals surface area contributed by atoms with E-state index in [-0.39, 0.29) is 23.6 Å². The number of nitrogens with one attached hydrogen (secondary N) is 1. The summed E-state index contributed by atoms with van der Waals surface area (Å²) >= 11 is 0. The topological polar surface area (TPSA) is 81.7 Å². The molecule has 0 aliphatic carbocycles. The summed E-state index contributed by atoms with van der Waals surface area (Å²) in [7, 11) is 0. The fourth-order valence-corrected chi connectivity index (χ4v) is 3.24. The van der Waals surface area contributed by atoms with Crippen LogP contribution in [-0.2, 0) is 6.61 Å². The van der Waals surface area contributed by atoms with E-state index >= 15 is 0 Å². The fourth-order valence-electron chi connectivity index (χ4n) is 3.24. The molecule has 7 nitrogen and oxygen atoms in total. The molecule has 2 aromatic carbocycles. The van der Waals surface area contributed by atoms with E-state index in [1.165, 1.54) is 12.1 Å².